The van der Waals surface area contributed by atoms with E-state index in [0.717, 1.165) is 11.1 Å². The monoisotopic (exact) mass is 283 g/mol. The quantitative estimate of drug-likeness (QED) is 0.780. The average molecular weight is 283 g/mol. The number of hydrogen-bond donors (Lipinski definition) is 0. The third kappa shape index (κ3) is 2.96. The smallest absolute Gasteiger partial charge is 0.307 e. The predicted molar refractivity (Wildman–Crippen MR) is 71.1 cm³/mol. The Balaban J connectivity index is 2.42. The summed E-state index contributed by atoms with van der Waals surface area (Å²) < 4.78 is 29.8. The summed E-state index contributed by atoms with van der Waals surface area (Å²) in [6.07, 6.45) is 1.88. The Hall–Kier alpha value is -1.40. The highest BCUT2D eigenvalue weighted by atomic mass is 32.2. The fourth-order valence-electron chi connectivity index (χ4n) is 2.48. The molecule has 1 aliphatic rings. The molecule has 0 aromatic heterocycles. The van der Waals surface area contributed by atoms with Gasteiger partial charge in [0.1, 0.15) is 0 Å². The second-order valence-electron chi connectivity index (χ2n) is 4.62. The molecule has 0 bridgehead atoms. The van der Waals surface area contributed by atoms with Gasteiger partial charge in [-0.3, -0.25) is 4.79 Å². The standard InChI is InChI=1S/C13H17NO4S/c1-18-13(15)9-12-11-6-4-3-5-10(11)7-8-14(12)19(2,16)17/h3-6,12H,7-9H2,1-2H3. The summed E-state index contributed by atoms with van der Waals surface area (Å²) in [6, 6.07) is 7.16. The highest BCUT2D eigenvalue weighted by Crippen LogP contribution is 2.33. The van der Waals surface area contributed by atoms with E-state index in [1.807, 2.05) is 24.3 Å². The third-order valence-corrected chi connectivity index (χ3v) is 4.67. The number of hydrogen-bond acceptors (Lipinski definition) is 4. The number of sulfonamides is 1. The van der Waals surface area contributed by atoms with Gasteiger partial charge in [-0.05, 0) is 17.5 Å². The average Bonchev–Trinajstić information content (AvgIpc) is 2.37. The molecule has 2 rings (SSSR count). The van der Waals surface area contributed by atoms with Crippen molar-refractivity contribution in [3.8, 4) is 0 Å². The van der Waals surface area contributed by atoms with Gasteiger partial charge in [0.15, 0.2) is 0 Å². The van der Waals surface area contributed by atoms with Crippen LogP contribution in [0.3, 0.4) is 0 Å². The van der Waals surface area contributed by atoms with Crippen molar-refractivity contribution in [1.82, 2.24) is 4.31 Å². The molecule has 6 heteroatoms. The molecular formula is C13H17NO4S. The van der Waals surface area contributed by atoms with Crippen molar-refractivity contribution in [1.29, 1.82) is 0 Å². The summed E-state index contributed by atoms with van der Waals surface area (Å²) in [6.45, 7) is 0.400. The topological polar surface area (TPSA) is 63.7 Å². The lowest BCUT2D eigenvalue weighted by molar-refractivity contribution is -0.141. The molecular weight excluding hydrogens is 266 g/mol. The third-order valence-electron chi connectivity index (χ3n) is 3.38. The molecule has 0 radical (unpaired) electrons. The summed E-state index contributed by atoms with van der Waals surface area (Å²) >= 11 is 0. The van der Waals surface area contributed by atoms with Gasteiger partial charge >= 0.3 is 5.97 Å². The summed E-state index contributed by atoms with van der Waals surface area (Å²) in [5, 5.41) is 0. The summed E-state index contributed by atoms with van der Waals surface area (Å²) in [5.41, 5.74) is 1.99. The van der Waals surface area contributed by atoms with Crippen LogP contribution in [0.1, 0.15) is 23.6 Å². The number of rotatable bonds is 3. The van der Waals surface area contributed by atoms with Gasteiger partial charge in [-0.15, -0.1) is 0 Å². The summed E-state index contributed by atoms with van der Waals surface area (Å²) in [5.74, 6) is -0.407. The molecule has 19 heavy (non-hydrogen) atoms. The van der Waals surface area contributed by atoms with Crippen LogP contribution < -0.4 is 0 Å². The number of carbonyl (C=O) groups is 1. The van der Waals surface area contributed by atoms with Crippen molar-refractivity contribution < 1.29 is 17.9 Å². The molecule has 1 unspecified atom stereocenters. The predicted octanol–water partition coefficient (Wildman–Crippen LogP) is 1.11. The van der Waals surface area contributed by atoms with Gasteiger partial charge in [-0.1, -0.05) is 24.3 Å². The summed E-state index contributed by atoms with van der Waals surface area (Å²) in [4.78, 5) is 11.5. The van der Waals surface area contributed by atoms with Crippen molar-refractivity contribution in [3.63, 3.8) is 0 Å². The van der Waals surface area contributed by atoms with E-state index in [-0.39, 0.29) is 6.42 Å². The Morgan fingerprint density at radius 1 is 1.42 bits per heavy atom. The van der Waals surface area contributed by atoms with Crippen molar-refractivity contribution in [2.75, 3.05) is 19.9 Å². The molecule has 104 valence electrons. The van der Waals surface area contributed by atoms with Gasteiger partial charge in [0.05, 0.1) is 25.8 Å². The molecule has 0 spiro atoms. The molecule has 0 saturated heterocycles. The Bertz CT molecular complexity index is 582. The van der Waals surface area contributed by atoms with Crippen LogP contribution in [0.4, 0.5) is 0 Å². The van der Waals surface area contributed by atoms with Crippen LogP contribution in [0.5, 0.6) is 0 Å². The molecule has 1 atom stereocenters. The number of esters is 1. The molecule has 1 aliphatic heterocycles. The largest absolute Gasteiger partial charge is 0.469 e. The van der Waals surface area contributed by atoms with Gasteiger partial charge in [0.25, 0.3) is 0 Å². The Morgan fingerprint density at radius 2 is 2.11 bits per heavy atom. The van der Waals surface area contributed by atoms with E-state index in [2.05, 4.69) is 4.74 Å². The van der Waals surface area contributed by atoms with Crippen LogP contribution >= 0.6 is 0 Å². The van der Waals surface area contributed by atoms with E-state index in [9.17, 15) is 13.2 Å². The van der Waals surface area contributed by atoms with Crippen LogP contribution in [-0.2, 0) is 26.0 Å². The van der Waals surface area contributed by atoms with Gasteiger partial charge in [0, 0.05) is 6.54 Å². The second-order valence-corrected chi connectivity index (χ2v) is 6.55. The van der Waals surface area contributed by atoms with Crippen LogP contribution in [0.15, 0.2) is 24.3 Å². The normalized spacial score (nSPS) is 19.8. The summed E-state index contributed by atoms with van der Waals surface area (Å²) in [7, 11) is -2.04. The van der Waals surface area contributed by atoms with Crippen LogP contribution in [0.25, 0.3) is 0 Å². The van der Waals surface area contributed by atoms with Gasteiger partial charge in [-0.25, -0.2) is 8.42 Å². The van der Waals surface area contributed by atoms with Crippen molar-refractivity contribution in [2.24, 2.45) is 0 Å². The molecule has 0 aliphatic carbocycles. The first-order chi connectivity index (χ1) is 8.93. The lowest BCUT2D eigenvalue weighted by Gasteiger charge is -2.34. The van der Waals surface area contributed by atoms with Crippen molar-refractivity contribution in [2.45, 2.75) is 18.9 Å². The fraction of sp³-hybridized carbons (Fsp3) is 0.462. The maximum Gasteiger partial charge on any atom is 0.307 e. The number of methoxy groups -OCH3 is 1. The minimum absolute atomic E-state index is 0.0422. The minimum Gasteiger partial charge on any atom is -0.469 e. The number of fused-ring (bicyclic) bond motifs is 1. The first kappa shape index (κ1) is 14.0. The maximum absolute atomic E-state index is 11.9. The zero-order valence-corrected chi connectivity index (χ0v) is 11.8. The van der Waals surface area contributed by atoms with Gasteiger partial charge in [-0.2, -0.15) is 4.31 Å². The first-order valence-electron chi connectivity index (χ1n) is 6.05. The molecule has 5 nitrogen and oxygen atoms in total. The number of carbonyl (C=O) groups excluding carboxylic acids is 1. The van der Waals surface area contributed by atoms with Gasteiger partial charge < -0.3 is 4.74 Å². The fourth-order valence-corrected chi connectivity index (χ4v) is 3.55. The van der Waals surface area contributed by atoms with Crippen LogP contribution in [0.2, 0.25) is 0 Å². The van der Waals surface area contributed by atoms with E-state index in [0.29, 0.717) is 13.0 Å². The zero-order valence-electron chi connectivity index (χ0n) is 11.0. The van der Waals surface area contributed by atoms with E-state index >= 15 is 0 Å². The molecule has 0 N–H and O–H groups in total. The maximum atomic E-state index is 11.9. The highest BCUT2D eigenvalue weighted by molar-refractivity contribution is 7.88. The molecule has 1 aromatic carbocycles. The van der Waals surface area contributed by atoms with E-state index < -0.39 is 22.0 Å². The Labute approximate surface area is 113 Å². The Morgan fingerprint density at radius 3 is 2.74 bits per heavy atom. The first-order valence-corrected chi connectivity index (χ1v) is 7.89. The van der Waals surface area contributed by atoms with E-state index in [1.165, 1.54) is 17.7 Å². The van der Waals surface area contributed by atoms with Gasteiger partial charge in [0.2, 0.25) is 10.0 Å². The lowest BCUT2D eigenvalue weighted by Crippen LogP contribution is -2.40. The molecule has 0 fully saturated rings. The second kappa shape index (κ2) is 5.30. The lowest BCUT2D eigenvalue weighted by atomic mass is 9.92. The zero-order chi connectivity index (χ0) is 14.0. The number of benzene rings is 1. The van der Waals surface area contributed by atoms with Crippen LogP contribution in [0, 0.1) is 0 Å². The van der Waals surface area contributed by atoms with Crippen LogP contribution in [-0.4, -0.2) is 38.6 Å². The number of ether oxygens (including phenoxy) is 1. The number of nitrogens with zero attached hydrogens (tertiary/aromatic N) is 1. The van der Waals surface area contributed by atoms with Crippen molar-refractivity contribution >= 4 is 16.0 Å². The molecule has 1 aromatic rings. The highest BCUT2D eigenvalue weighted by Gasteiger charge is 2.34. The molecule has 0 saturated carbocycles. The Kier molecular flexibility index (Phi) is 3.91. The SMILES string of the molecule is COC(=O)CC1c2ccccc2CCN1S(C)(=O)=O. The molecule has 1 heterocycles. The molecule has 0 amide bonds. The van der Waals surface area contributed by atoms with E-state index in [1.54, 1.807) is 0 Å². The van der Waals surface area contributed by atoms with E-state index in [4.69, 9.17) is 0 Å². The minimum atomic E-state index is -3.35. The van der Waals surface area contributed by atoms with Crippen molar-refractivity contribution in [3.05, 3.63) is 35.4 Å².